The first-order valence-corrected chi connectivity index (χ1v) is 8.28. The molecule has 0 unspecified atom stereocenters. The molecule has 0 bridgehead atoms. The molecule has 0 saturated heterocycles. The molecule has 1 aromatic rings. The van der Waals surface area contributed by atoms with Gasteiger partial charge in [0.2, 0.25) is 0 Å². The normalized spacial score (nSPS) is 17.0. The second-order valence-corrected chi connectivity index (χ2v) is 7.56. The number of hydrogen-bond acceptors (Lipinski definition) is 1. The van der Waals surface area contributed by atoms with Crippen molar-refractivity contribution in [2.75, 3.05) is 0 Å². The van der Waals surface area contributed by atoms with E-state index < -0.39 is 0 Å². The molecule has 1 aromatic carbocycles. The highest BCUT2D eigenvalue weighted by Gasteiger charge is 2.34. The van der Waals surface area contributed by atoms with E-state index in [1.165, 1.54) is 19.3 Å². The van der Waals surface area contributed by atoms with Crippen LogP contribution in [0.4, 0.5) is 0 Å². The van der Waals surface area contributed by atoms with Gasteiger partial charge in [-0.05, 0) is 57.9 Å². The Morgan fingerprint density at radius 3 is 2.15 bits per heavy atom. The summed E-state index contributed by atoms with van der Waals surface area (Å²) in [6.07, 6.45) is 6.07. The molecule has 2 nitrogen and oxygen atoms in total. The van der Waals surface area contributed by atoms with Gasteiger partial charge < -0.3 is 4.90 Å². The van der Waals surface area contributed by atoms with Crippen LogP contribution in [0.3, 0.4) is 0 Å². The van der Waals surface area contributed by atoms with Crippen LogP contribution in [0.1, 0.15) is 63.2 Å². The molecule has 1 saturated carbocycles. The molecule has 0 spiro atoms. The summed E-state index contributed by atoms with van der Waals surface area (Å²) in [5, 5.41) is 0. The Morgan fingerprint density at radius 1 is 1.10 bits per heavy atom. The van der Waals surface area contributed by atoms with Crippen LogP contribution in [-0.2, 0) is 0 Å². The van der Waals surface area contributed by atoms with Crippen molar-refractivity contribution in [1.82, 2.24) is 4.90 Å². The van der Waals surface area contributed by atoms with Gasteiger partial charge in [0, 0.05) is 21.6 Å². The van der Waals surface area contributed by atoms with Gasteiger partial charge in [-0.15, -0.1) is 0 Å². The predicted octanol–water partition coefficient (Wildman–Crippen LogP) is 5.02. The van der Waals surface area contributed by atoms with E-state index in [4.69, 9.17) is 0 Å². The Bertz CT molecular complexity index is 455. The topological polar surface area (TPSA) is 20.3 Å². The molecule has 1 fully saturated rings. The predicted molar refractivity (Wildman–Crippen MR) is 86.9 cm³/mol. The third-order valence-electron chi connectivity index (χ3n) is 3.97. The summed E-state index contributed by atoms with van der Waals surface area (Å²) >= 11 is 3.42. The lowest BCUT2D eigenvalue weighted by Gasteiger charge is -2.43. The second kappa shape index (κ2) is 6.30. The first-order chi connectivity index (χ1) is 9.39. The zero-order valence-electron chi connectivity index (χ0n) is 12.7. The van der Waals surface area contributed by atoms with Gasteiger partial charge in [-0.3, -0.25) is 4.79 Å². The van der Waals surface area contributed by atoms with Gasteiger partial charge in [0.25, 0.3) is 5.91 Å². The highest BCUT2D eigenvalue weighted by Crippen LogP contribution is 2.30. The third kappa shape index (κ3) is 3.63. The third-order valence-corrected chi connectivity index (χ3v) is 4.50. The van der Waals surface area contributed by atoms with Crippen LogP contribution in [-0.4, -0.2) is 22.4 Å². The van der Waals surface area contributed by atoms with Crippen molar-refractivity contribution in [3.05, 3.63) is 34.3 Å². The van der Waals surface area contributed by atoms with Gasteiger partial charge in [0.1, 0.15) is 0 Å². The molecule has 0 N–H and O–H groups in total. The quantitative estimate of drug-likeness (QED) is 0.741. The fourth-order valence-electron chi connectivity index (χ4n) is 3.09. The van der Waals surface area contributed by atoms with Crippen LogP contribution in [0.15, 0.2) is 28.7 Å². The molecule has 0 radical (unpaired) electrons. The molecule has 110 valence electrons. The first-order valence-electron chi connectivity index (χ1n) is 7.49. The van der Waals surface area contributed by atoms with Crippen molar-refractivity contribution in [2.24, 2.45) is 0 Å². The summed E-state index contributed by atoms with van der Waals surface area (Å²) in [7, 11) is 0. The SMILES string of the molecule is CC(C)(C)N(C(=O)c1ccc(Br)cc1)C1CCCCC1. The maximum atomic E-state index is 12.9. The monoisotopic (exact) mass is 337 g/mol. The van der Waals surface area contributed by atoms with Crippen LogP contribution in [0.5, 0.6) is 0 Å². The Kier molecular flexibility index (Phi) is 4.90. The van der Waals surface area contributed by atoms with Crippen LogP contribution in [0, 0.1) is 0 Å². The van der Waals surface area contributed by atoms with E-state index in [-0.39, 0.29) is 11.4 Å². The Hall–Kier alpha value is -0.830. The summed E-state index contributed by atoms with van der Waals surface area (Å²) in [4.78, 5) is 15.0. The largest absolute Gasteiger partial charge is 0.331 e. The van der Waals surface area contributed by atoms with Crippen LogP contribution >= 0.6 is 15.9 Å². The molecule has 1 aliphatic rings. The van der Waals surface area contributed by atoms with E-state index in [0.717, 1.165) is 22.9 Å². The van der Waals surface area contributed by atoms with Crippen molar-refractivity contribution in [3.8, 4) is 0 Å². The number of carbonyl (C=O) groups excluding carboxylic acids is 1. The minimum atomic E-state index is -0.133. The van der Waals surface area contributed by atoms with E-state index in [1.807, 2.05) is 24.3 Å². The molecule has 0 aromatic heterocycles. The minimum absolute atomic E-state index is 0.133. The average molecular weight is 338 g/mol. The molecule has 1 aliphatic carbocycles. The first kappa shape index (κ1) is 15.6. The minimum Gasteiger partial charge on any atom is -0.331 e. The number of hydrogen-bond donors (Lipinski definition) is 0. The molecular formula is C17H24BrNO. The Morgan fingerprint density at radius 2 is 1.65 bits per heavy atom. The maximum absolute atomic E-state index is 12.9. The molecule has 0 atom stereocenters. The van der Waals surface area contributed by atoms with E-state index in [9.17, 15) is 4.79 Å². The highest BCUT2D eigenvalue weighted by atomic mass is 79.9. The van der Waals surface area contributed by atoms with Crippen molar-refractivity contribution in [1.29, 1.82) is 0 Å². The maximum Gasteiger partial charge on any atom is 0.254 e. The summed E-state index contributed by atoms with van der Waals surface area (Å²) in [6.45, 7) is 6.41. The Balaban J connectivity index is 2.26. The van der Waals surface area contributed by atoms with Gasteiger partial charge in [-0.2, -0.15) is 0 Å². The number of benzene rings is 1. The second-order valence-electron chi connectivity index (χ2n) is 6.64. The lowest BCUT2D eigenvalue weighted by Crippen LogP contribution is -2.52. The molecule has 0 aliphatic heterocycles. The highest BCUT2D eigenvalue weighted by molar-refractivity contribution is 9.10. The molecule has 0 heterocycles. The molecule has 1 amide bonds. The van der Waals surface area contributed by atoms with Gasteiger partial charge in [-0.25, -0.2) is 0 Å². The van der Waals surface area contributed by atoms with E-state index in [2.05, 4.69) is 41.6 Å². The van der Waals surface area contributed by atoms with Gasteiger partial charge in [0.05, 0.1) is 0 Å². The average Bonchev–Trinajstić information content (AvgIpc) is 2.39. The fourth-order valence-corrected chi connectivity index (χ4v) is 3.35. The number of halogens is 1. The molecule has 2 rings (SSSR count). The van der Waals surface area contributed by atoms with Gasteiger partial charge >= 0.3 is 0 Å². The zero-order chi connectivity index (χ0) is 14.8. The summed E-state index contributed by atoms with van der Waals surface area (Å²) in [5.41, 5.74) is 0.653. The van der Waals surface area contributed by atoms with Crippen LogP contribution < -0.4 is 0 Å². The summed E-state index contributed by atoms with van der Waals surface area (Å²) in [6, 6.07) is 8.09. The zero-order valence-corrected chi connectivity index (χ0v) is 14.2. The van der Waals surface area contributed by atoms with Crippen molar-refractivity contribution < 1.29 is 4.79 Å². The lowest BCUT2D eigenvalue weighted by atomic mass is 9.90. The number of nitrogens with zero attached hydrogens (tertiary/aromatic N) is 1. The lowest BCUT2D eigenvalue weighted by molar-refractivity contribution is 0.0367. The van der Waals surface area contributed by atoms with Crippen molar-refractivity contribution in [2.45, 2.75) is 64.5 Å². The van der Waals surface area contributed by atoms with Crippen molar-refractivity contribution >= 4 is 21.8 Å². The van der Waals surface area contributed by atoms with Crippen LogP contribution in [0.2, 0.25) is 0 Å². The molecule has 20 heavy (non-hydrogen) atoms. The molecule has 3 heteroatoms. The standard InChI is InChI=1S/C17H24BrNO/c1-17(2,3)19(15-7-5-4-6-8-15)16(20)13-9-11-14(18)12-10-13/h9-12,15H,4-8H2,1-3H3. The van der Waals surface area contributed by atoms with Crippen LogP contribution in [0.25, 0.3) is 0 Å². The van der Waals surface area contributed by atoms with E-state index in [1.54, 1.807) is 0 Å². The summed E-state index contributed by atoms with van der Waals surface area (Å²) < 4.78 is 1.01. The summed E-state index contributed by atoms with van der Waals surface area (Å²) in [5.74, 6) is 0.164. The van der Waals surface area contributed by atoms with Crippen molar-refractivity contribution in [3.63, 3.8) is 0 Å². The number of amides is 1. The Labute approximate surface area is 130 Å². The smallest absolute Gasteiger partial charge is 0.254 e. The van der Waals surface area contributed by atoms with Gasteiger partial charge in [0.15, 0.2) is 0 Å². The van der Waals surface area contributed by atoms with E-state index in [0.29, 0.717) is 6.04 Å². The number of rotatable bonds is 2. The van der Waals surface area contributed by atoms with E-state index >= 15 is 0 Å². The fraction of sp³-hybridized carbons (Fsp3) is 0.588. The number of carbonyl (C=O) groups is 1. The molecular weight excluding hydrogens is 314 g/mol. The van der Waals surface area contributed by atoms with Gasteiger partial charge in [-0.1, -0.05) is 35.2 Å².